The van der Waals surface area contributed by atoms with E-state index >= 15 is 0 Å². The number of hydrogen-bond donors (Lipinski definition) is 2. The Labute approximate surface area is 126 Å². The molecule has 2 aromatic heterocycles. The standard InChI is InChI=1S/C15H18N4OS/c1-21-12-10-11(18-14(20)19-12)17-13(16-10)15-5-7-2-8(6-15)4-9(15)3-7/h7-9H,2-6H2,1H3,(H2,16,17,18,19,20). The molecule has 21 heavy (non-hydrogen) atoms. The van der Waals surface area contributed by atoms with Crippen LogP contribution in [0.15, 0.2) is 9.82 Å². The molecule has 0 spiro atoms. The summed E-state index contributed by atoms with van der Waals surface area (Å²) in [5.74, 6) is 3.69. The molecule has 5 nitrogen and oxygen atoms in total. The Morgan fingerprint density at radius 2 is 1.90 bits per heavy atom. The predicted molar refractivity (Wildman–Crippen MR) is 81.5 cm³/mol. The van der Waals surface area contributed by atoms with Gasteiger partial charge in [0.1, 0.15) is 16.4 Å². The third kappa shape index (κ3) is 1.51. The number of rotatable bonds is 2. The number of imidazole rings is 1. The smallest absolute Gasteiger partial charge is 0.338 e. The molecule has 4 fully saturated rings. The minimum Gasteiger partial charge on any atom is -0.338 e. The van der Waals surface area contributed by atoms with Crippen LogP contribution in [0.1, 0.15) is 37.9 Å². The number of hydrogen-bond acceptors (Lipinski definition) is 4. The van der Waals surface area contributed by atoms with Crippen molar-refractivity contribution in [1.82, 2.24) is 19.9 Å². The first-order valence-corrected chi connectivity index (χ1v) is 8.95. The lowest BCUT2D eigenvalue weighted by molar-refractivity contribution is 0.262. The van der Waals surface area contributed by atoms with Crippen molar-refractivity contribution < 1.29 is 0 Å². The second kappa shape index (κ2) is 3.91. The van der Waals surface area contributed by atoms with Gasteiger partial charge >= 0.3 is 5.69 Å². The van der Waals surface area contributed by atoms with Crippen LogP contribution >= 0.6 is 11.8 Å². The lowest BCUT2D eigenvalue weighted by Gasteiger charge is -2.30. The van der Waals surface area contributed by atoms with E-state index in [1.54, 1.807) is 0 Å². The van der Waals surface area contributed by atoms with Crippen LogP contribution < -0.4 is 5.69 Å². The summed E-state index contributed by atoms with van der Waals surface area (Å²) in [6, 6.07) is 0. The number of H-pyrrole nitrogens is 2. The quantitative estimate of drug-likeness (QED) is 0.660. The molecule has 0 amide bonds. The van der Waals surface area contributed by atoms with Crippen LogP contribution in [0, 0.1) is 17.8 Å². The Morgan fingerprint density at radius 1 is 1.14 bits per heavy atom. The van der Waals surface area contributed by atoms with Crippen LogP contribution in [0.25, 0.3) is 11.2 Å². The Balaban J connectivity index is 1.71. The van der Waals surface area contributed by atoms with Gasteiger partial charge in [-0.15, -0.1) is 11.8 Å². The molecule has 2 N–H and O–H groups in total. The van der Waals surface area contributed by atoms with Gasteiger partial charge in [0.05, 0.1) is 0 Å². The highest BCUT2D eigenvalue weighted by molar-refractivity contribution is 7.98. The van der Waals surface area contributed by atoms with Crippen molar-refractivity contribution in [2.75, 3.05) is 6.26 Å². The molecular weight excluding hydrogens is 284 g/mol. The number of aromatic amines is 2. The van der Waals surface area contributed by atoms with Gasteiger partial charge in [0, 0.05) is 5.41 Å². The van der Waals surface area contributed by atoms with Gasteiger partial charge in [0.25, 0.3) is 0 Å². The number of nitrogens with one attached hydrogen (secondary N) is 2. The summed E-state index contributed by atoms with van der Waals surface area (Å²) in [6.07, 6.45) is 8.67. The molecule has 2 unspecified atom stereocenters. The van der Waals surface area contributed by atoms with Crippen molar-refractivity contribution in [3.8, 4) is 0 Å². The summed E-state index contributed by atoms with van der Waals surface area (Å²) >= 11 is 1.50. The molecule has 0 aliphatic heterocycles. The van der Waals surface area contributed by atoms with E-state index in [1.165, 1.54) is 43.9 Å². The molecule has 2 atom stereocenters. The maximum atomic E-state index is 11.6. The van der Waals surface area contributed by atoms with E-state index < -0.39 is 0 Å². The Bertz CT molecular complexity index is 781. The monoisotopic (exact) mass is 302 g/mol. The van der Waals surface area contributed by atoms with Gasteiger partial charge < -0.3 is 4.98 Å². The zero-order valence-electron chi connectivity index (χ0n) is 12.0. The van der Waals surface area contributed by atoms with Gasteiger partial charge in [-0.05, 0) is 56.1 Å². The molecule has 4 saturated carbocycles. The fourth-order valence-electron chi connectivity index (χ4n) is 5.46. The van der Waals surface area contributed by atoms with Gasteiger partial charge in [0.15, 0.2) is 5.65 Å². The SMILES string of the molecule is CSc1nc(=O)[nH]c2nc(C34CC5CC(CC3C5)C4)[nH]c12. The highest BCUT2D eigenvalue weighted by atomic mass is 32.2. The molecule has 6 rings (SSSR count). The minimum atomic E-state index is -0.306. The van der Waals surface area contributed by atoms with Crippen LogP contribution in [0.2, 0.25) is 0 Å². The molecule has 2 aromatic rings. The third-order valence-electron chi connectivity index (χ3n) is 6.00. The normalized spacial score (nSPS) is 36.9. The molecular formula is C15H18N4OS. The van der Waals surface area contributed by atoms with E-state index in [2.05, 4.69) is 15.0 Å². The van der Waals surface area contributed by atoms with E-state index in [0.717, 1.165) is 34.1 Å². The van der Waals surface area contributed by atoms with Crippen molar-refractivity contribution in [2.24, 2.45) is 17.8 Å². The van der Waals surface area contributed by atoms with Crippen molar-refractivity contribution >= 4 is 22.9 Å². The lowest BCUT2D eigenvalue weighted by atomic mass is 9.75. The van der Waals surface area contributed by atoms with Crippen LogP contribution in [0.5, 0.6) is 0 Å². The first-order valence-electron chi connectivity index (χ1n) is 7.72. The molecule has 0 radical (unpaired) electrons. The van der Waals surface area contributed by atoms with Crippen molar-refractivity contribution in [3.63, 3.8) is 0 Å². The lowest BCUT2D eigenvalue weighted by Crippen LogP contribution is -2.29. The summed E-state index contributed by atoms with van der Waals surface area (Å²) in [7, 11) is 0. The van der Waals surface area contributed by atoms with Crippen LogP contribution in [0.4, 0.5) is 0 Å². The number of aromatic nitrogens is 4. The number of thioether (sulfide) groups is 1. The average molecular weight is 302 g/mol. The molecule has 0 saturated heterocycles. The van der Waals surface area contributed by atoms with Gasteiger partial charge in [0.2, 0.25) is 0 Å². The van der Waals surface area contributed by atoms with E-state index in [1.807, 2.05) is 6.26 Å². The summed E-state index contributed by atoms with van der Waals surface area (Å²) in [5.41, 5.74) is 1.52. The highest BCUT2D eigenvalue weighted by Gasteiger charge is 2.59. The maximum absolute atomic E-state index is 11.6. The molecule has 6 heteroatoms. The molecule has 4 aliphatic rings. The first-order chi connectivity index (χ1) is 10.2. The average Bonchev–Trinajstić information content (AvgIpc) is 3.06. The van der Waals surface area contributed by atoms with Crippen LogP contribution in [0.3, 0.4) is 0 Å². The van der Waals surface area contributed by atoms with E-state index in [4.69, 9.17) is 4.98 Å². The second-order valence-corrected chi connectivity index (χ2v) is 7.86. The fraction of sp³-hybridized carbons (Fsp3) is 0.667. The van der Waals surface area contributed by atoms with Gasteiger partial charge in [-0.1, -0.05) is 0 Å². The Kier molecular flexibility index (Phi) is 2.28. The summed E-state index contributed by atoms with van der Waals surface area (Å²) < 4.78 is 0. The highest BCUT2D eigenvalue weighted by Crippen LogP contribution is 2.65. The van der Waals surface area contributed by atoms with E-state index in [9.17, 15) is 4.79 Å². The topological polar surface area (TPSA) is 74.4 Å². The molecule has 110 valence electrons. The van der Waals surface area contributed by atoms with Crippen LogP contribution in [-0.2, 0) is 5.41 Å². The van der Waals surface area contributed by atoms with Crippen molar-refractivity contribution in [2.45, 2.75) is 42.5 Å². The first kappa shape index (κ1) is 12.3. The Hall–Kier alpha value is -1.30. The maximum Gasteiger partial charge on any atom is 0.347 e. The summed E-state index contributed by atoms with van der Waals surface area (Å²) in [5, 5.41) is 0.751. The number of fused-ring (bicyclic) bond motifs is 1. The zero-order valence-corrected chi connectivity index (χ0v) is 12.8. The predicted octanol–water partition coefficient (Wildman–Crippen LogP) is 2.45. The van der Waals surface area contributed by atoms with Crippen LogP contribution in [-0.4, -0.2) is 26.2 Å². The molecule has 2 heterocycles. The largest absolute Gasteiger partial charge is 0.347 e. The number of nitrogens with zero attached hydrogens (tertiary/aromatic N) is 2. The van der Waals surface area contributed by atoms with Crippen molar-refractivity contribution in [1.29, 1.82) is 0 Å². The van der Waals surface area contributed by atoms with Gasteiger partial charge in [-0.3, -0.25) is 4.98 Å². The Morgan fingerprint density at radius 3 is 2.62 bits per heavy atom. The molecule has 4 bridgehead atoms. The molecule has 4 aliphatic carbocycles. The molecule has 0 aromatic carbocycles. The third-order valence-corrected chi connectivity index (χ3v) is 6.68. The van der Waals surface area contributed by atoms with Gasteiger partial charge in [-0.25, -0.2) is 9.78 Å². The zero-order chi connectivity index (χ0) is 14.2. The van der Waals surface area contributed by atoms with Crippen molar-refractivity contribution in [3.05, 3.63) is 16.3 Å². The van der Waals surface area contributed by atoms with E-state index in [-0.39, 0.29) is 11.1 Å². The van der Waals surface area contributed by atoms with Gasteiger partial charge in [-0.2, -0.15) is 4.98 Å². The summed E-state index contributed by atoms with van der Waals surface area (Å²) in [4.78, 5) is 26.8. The minimum absolute atomic E-state index is 0.249. The fourth-order valence-corrected chi connectivity index (χ4v) is 5.99. The van der Waals surface area contributed by atoms with E-state index in [0.29, 0.717) is 5.65 Å². The second-order valence-electron chi connectivity index (χ2n) is 7.06. The summed E-state index contributed by atoms with van der Waals surface area (Å²) in [6.45, 7) is 0.